The van der Waals surface area contributed by atoms with Crippen molar-refractivity contribution in [1.29, 1.82) is 0 Å². The van der Waals surface area contributed by atoms with Crippen LogP contribution in [-0.4, -0.2) is 0 Å². The quantitative estimate of drug-likeness (QED) is 0.622. The molecule has 2 rings (SSSR count). The Morgan fingerprint density at radius 1 is 0.900 bits per heavy atom. The molecule has 0 saturated carbocycles. The van der Waals surface area contributed by atoms with Gasteiger partial charge in [0.1, 0.15) is 0 Å². The molecule has 0 aliphatic heterocycles. The number of rotatable bonds is 5. The van der Waals surface area contributed by atoms with Gasteiger partial charge in [-0.3, -0.25) is 0 Å². The summed E-state index contributed by atoms with van der Waals surface area (Å²) in [7, 11) is 0. The van der Waals surface area contributed by atoms with Crippen LogP contribution in [0.4, 0.5) is 0 Å². The molecule has 0 nitrogen and oxygen atoms in total. The van der Waals surface area contributed by atoms with Gasteiger partial charge in [0.25, 0.3) is 0 Å². The molecule has 0 radical (unpaired) electrons. The van der Waals surface area contributed by atoms with Crippen LogP contribution in [0.25, 0.3) is 5.57 Å². The molecule has 0 aromatic heterocycles. The minimum atomic E-state index is 0.548. The van der Waals surface area contributed by atoms with Gasteiger partial charge < -0.3 is 0 Å². The van der Waals surface area contributed by atoms with Crippen LogP contribution in [0.15, 0.2) is 78.9 Å². The van der Waals surface area contributed by atoms with E-state index in [1.807, 2.05) is 0 Å². The van der Waals surface area contributed by atoms with Gasteiger partial charge in [-0.1, -0.05) is 92.7 Å². The van der Waals surface area contributed by atoms with Crippen LogP contribution in [-0.2, 0) is 6.42 Å². The Kier molecular flexibility index (Phi) is 5.37. The predicted molar refractivity (Wildman–Crippen MR) is 88.5 cm³/mol. The first-order valence-corrected chi connectivity index (χ1v) is 7.23. The highest BCUT2D eigenvalue weighted by Crippen LogP contribution is 2.18. The van der Waals surface area contributed by atoms with E-state index in [2.05, 4.69) is 92.7 Å². The van der Waals surface area contributed by atoms with E-state index in [0.29, 0.717) is 5.92 Å². The van der Waals surface area contributed by atoms with E-state index in [0.717, 1.165) is 6.42 Å². The Morgan fingerprint density at radius 3 is 2.10 bits per heavy atom. The summed E-state index contributed by atoms with van der Waals surface area (Å²) in [4.78, 5) is 0. The second-order valence-electron chi connectivity index (χ2n) is 5.32. The van der Waals surface area contributed by atoms with Crippen molar-refractivity contribution in [2.45, 2.75) is 20.3 Å². The molecule has 2 aromatic carbocycles. The van der Waals surface area contributed by atoms with Crippen molar-refractivity contribution in [3.8, 4) is 0 Å². The van der Waals surface area contributed by atoms with Crippen molar-refractivity contribution in [3.63, 3.8) is 0 Å². The van der Waals surface area contributed by atoms with Crippen LogP contribution in [0.5, 0.6) is 0 Å². The molecule has 0 saturated heterocycles. The van der Waals surface area contributed by atoms with E-state index in [-0.39, 0.29) is 0 Å². The lowest BCUT2D eigenvalue weighted by Crippen LogP contribution is -1.86. The molecule has 0 aliphatic carbocycles. The Hall–Kier alpha value is -2.08. The first-order chi connectivity index (χ1) is 9.75. The van der Waals surface area contributed by atoms with Crippen molar-refractivity contribution < 1.29 is 0 Å². The van der Waals surface area contributed by atoms with Crippen LogP contribution < -0.4 is 0 Å². The Labute approximate surface area is 122 Å². The number of hydrogen-bond acceptors (Lipinski definition) is 0. The molecule has 0 unspecified atom stereocenters. The van der Waals surface area contributed by atoms with E-state index in [9.17, 15) is 0 Å². The van der Waals surface area contributed by atoms with E-state index in [1.165, 1.54) is 16.7 Å². The van der Waals surface area contributed by atoms with E-state index in [1.54, 1.807) is 0 Å². The van der Waals surface area contributed by atoms with E-state index < -0.39 is 0 Å². The number of benzene rings is 2. The SMILES string of the molecule is CC(C)/C=C(/C=C\Cc1ccccc1)c1ccccc1. The molecule has 0 spiro atoms. The van der Waals surface area contributed by atoms with Gasteiger partial charge in [0.15, 0.2) is 0 Å². The van der Waals surface area contributed by atoms with E-state index in [4.69, 9.17) is 0 Å². The molecule has 20 heavy (non-hydrogen) atoms. The Morgan fingerprint density at radius 2 is 1.50 bits per heavy atom. The molecule has 0 bridgehead atoms. The first-order valence-electron chi connectivity index (χ1n) is 7.23. The largest absolute Gasteiger partial charge is 0.0795 e. The molecule has 0 heteroatoms. The van der Waals surface area contributed by atoms with Gasteiger partial charge in [-0.25, -0.2) is 0 Å². The maximum atomic E-state index is 2.32. The van der Waals surface area contributed by atoms with Gasteiger partial charge in [-0.05, 0) is 29.0 Å². The fourth-order valence-corrected chi connectivity index (χ4v) is 2.17. The van der Waals surface area contributed by atoms with Crippen molar-refractivity contribution >= 4 is 5.57 Å². The van der Waals surface area contributed by atoms with Gasteiger partial charge >= 0.3 is 0 Å². The summed E-state index contributed by atoms with van der Waals surface area (Å²) < 4.78 is 0. The number of hydrogen-bond donors (Lipinski definition) is 0. The van der Waals surface area contributed by atoms with Crippen LogP contribution in [0.3, 0.4) is 0 Å². The van der Waals surface area contributed by atoms with Crippen molar-refractivity contribution in [1.82, 2.24) is 0 Å². The number of allylic oxidation sites excluding steroid dienone is 4. The van der Waals surface area contributed by atoms with Gasteiger partial charge in [-0.15, -0.1) is 0 Å². The second-order valence-corrected chi connectivity index (χ2v) is 5.32. The highest BCUT2D eigenvalue weighted by molar-refractivity contribution is 5.74. The predicted octanol–water partition coefficient (Wildman–Crippen LogP) is 5.52. The lowest BCUT2D eigenvalue weighted by atomic mass is 10.0. The van der Waals surface area contributed by atoms with Gasteiger partial charge in [0.2, 0.25) is 0 Å². The summed E-state index contributed by atoms with van der Waals surface area (Å²) in [5, 5.41) is 0. The maximum absolute atomic E-state index is 2.32. The van der Waals surface area contributed by atoms with Crippen LogP contribution in [0.1, 0.15) is 25.0 Å². The van der Waals surface area contributed by atoms with Crippen molar-refractivity contribution in [2.75, 3.05) is 0 Å². The van der Waals surface area contributed by atoms with E-state index >= 15 is 0 Å². The Bertz CT molecular complexity index is 560. The molecule has 0 heterocycles. The molecular weight excluding hydrogens is 240 g/mol. The summed E-state index contributed by atoms with van der Waals surface area (Å²) in [6, 6.07) is 21.1. The summed E-state index contributed by atoms with van der Waals surface area (Å²) in [5.41, 5.74) is 3.93. The zero-order valence-electron chi connectivity index (χ0n) is 12.3. The van der Waals surface area contributed by atoms with Crippen LogP contribution >= 0.6 is 0 Å². The average molecular weight is 262 g/mol. The fourth-order valence-electron chi connectivity index (χ4n) is 2.17. The summed E-state index contributed by atoms with van der Waals surface area (Å²) in [6.45, 7) is 4.43. The van der Waals surface area contributed by atoms with Crippen molar-refractivity contribution in [2.24, 2.45) is 5.92 Å². The fraction of sp³-hybridized carbons (Fsp3) is 0.200. The molecule has 0 atom stereocenters. The average Bonchev–Trinajstić information content (AvgIpc) is 2.48. The molecule has 0 N–H and O–H groups in total. The topological polar surface area (TPSA) is 0 Å². The van der Waals surface area contributed by atoms with Crippen LogP contribution in [0.2, 0.25) is 0 Å². The highest BCUT2D eigenvalue weighted by atomic mass is 14.0. The Balaban J connectivity index is 2.13. The lowest BCUT2D eigenvalue weighted by Gasteiger charge is -2.05. The molecule has 0 aliphatic rings. The minimum Gasteiger partial charge on any atom is -0.0795 e. The summed E-state index contributed by atoms with van der Waals surface area (Å²) >= 11 is 0. The summed E-state index contributed by atoms with van der Waals surface area (Å²) in [6.07, 6.45) is 7.78. The third kappa shape index (κ3) is 4.55. The smallest absolute Gasteiger partial charge is 0.00941 e. The zero-order valence-corrected chi connectivity index (χ0v) is 12.3. The third-order valence-corrected chi connectivity index (χ3v) is 3.11. The zero-order chi connectivity index (χ0) is 14.2. The minimum absolute atomic E-state index is 0.548. The lowest BCUT2D eigenvalue weighted by molar-refractivity contribution is 0.834. The monoisotopic (exact) mass is 262 g/mol. The summed E-state index contributed by atoms with van der Waals surface area (Å²) in [5.74, 6) is 0.548. The molecule has 0 amide bonds. The maximum Gasteiger partial charge on any atom is -0.00941 e. The first kappa shape index (κ1) is 14.3. The van der Waals surface area contributed by atoms with Crippen LogP contribution in [0, 0.1) is 5.92 Å². The van der Waals surface area contributed by atoms with Gasteiger partial charge in [-0.2, -0.15) is 0 Å². The molecule has 2 aromatic rings. The van der Waals surface area contributed by atoms with Crippen molar-refractivity contribution in [3.05, 3.63) is 90.0 Å². The molecule has 0 fully saturated rings. The molecule has 102 valence electrons. The standard InChI is InChI=1S/C20H22/c1-17(2)16-20(19-13-7-4-8-14-19)15-9-12-18-10-5-3-6-11-18/h3-11,13-17H,12H2,1-2H3/b15-9-,20-16-. The molecular formula is C20H22. The normalized spacial score (nSPS) is 12.2. The van der Waals surface area contributed by atoms with Gasteiger partial charge in [0.05, 0.1) is 0 Å². The second kappa shape index (κ2) is 7.49. The highest BCUT2D eigenvalue weighted by Gasteiger charge is 1.98. The van der Waals surface area contributed by atoms with Gasteiger partial charge in [0, 0.05) is 0 Å². The third-order valence-electron chi connectivity index (χ3n) is 3.11.